The average molecular weight is 279 g/mol. The molecule has 0 aliphatic rings. The third-order valence-electron chi connectivity index (χ3n) is 1.73. The average Bonchev–Trinajstić information content (AvgIpc) is 2.38. The molecule has 0 aromatic rings. The van der Waals surface area contributed by atoms with Gasteiger partial charge in [-0.1, -0.05) is 5.57 Å². The Bertz CT molecular complexity index is 372. The van der Waals surface area contributed by atoms with Crippen LogP contribution < -0.4 is 16.3 Å². The molecular formula is C13H25N7. The van der Waals surface area contributed by atoms with E-state index in [0.29, 0.717) is 19.8 Å². The molecule has 0 aromatic carbocycles. The number of aliphatic imine (C=N–C) groups is 1. The predicted octanol–water partition coefficient (Wildman–Crippen LogP) is 1.12. The molecule has 0 atom stereocenters. The summed E-state index contributed by atoms with van der Waals surface area (Å²) >= 11 is 0. The molecule has 0 heterocycles. The first-order valence-corrected chi connectivity index (χ1v) is 6.50. The highest BCUT2D eigenvalue weighted by Crippen LogP contribution is 1.83. The fraction of sp³-hybridized carbons (Fsp3) is 0.538. The summed E-state index contributed by atoms with van der Waals surface area (Å²) in [5, 5.41) is 11.8. The topological polar surface area (TPSA) is 85.5 Å². The second-order valence-corrected chi connectivity index (χ2v) is 4.32. The van der Waals surface area contributed by atoms with E-state index < -0.39 is 0 Å². The molecule has 112 valence electrons. The minimum absolute atomic E-state index is 0.474. The smallest absolute Gasteiger partial charge is 0.117 e. The Kier molecular flexibility index (Phi) is 11.8. The molecule has 3 N–H and O–H groups in total. The van der Waals surface area contributed by atoms with Gasteiger partial charge >= 0.3 is 0 Å². The molecule has 0 radical (unpaired) electrons. The number of nitrogens with one attached hydrogen (secondary N) is 3. The van der Waals surface area contributed by atoms with Crippen molar-refractivity contribution in [2.24, 2.45) is 20.3 Å². The van der Waals surface area contributed by atoms with Crippen molar-refractivity contribution in [1.82, 2.24) is 16.3 Å². The molecule has 0 rings (SSSR count). The van der Waals surface area contributed by atoms with Gasteiger partial charge in [0.2, 0.25) is 0 Å². The van der Waals surface area contributed by atoms with E-state index >= 15 is 0 Å². The zero-order chi connectivity index (χ0) is 15.1. The zero-order valence-electron chi connectivity index (χ0n) is 12.7. The molecular weight excluding hydrogens is 254 g/mol. The van der Waals surface area contributed by atoms with E-state index in [2.05, 4.69) is 36.6 Å². The van der Waals surface area contributed by atoms with Crippen molar-refractivity contribution < 1.29 is 0 Å². The van der Waals surface area contributed by atoms with Crippen LogP contribution in [0.5, 0.6) is 0 Å². The minimum atomic E-state index is 0.474. The number of rotatable bonds is 10. The molecule has 7 nitrogen and oxygen atoms in total. The summed E-state index contributed by atoms with van der Waals surface area (Å²) in [6, 6.07) is 0. The van der Waals surface area contributed by atoms with Gasteiger partial charge in [-0.3, -0.25) is 15.8 Å². The van der Waals surface area contributed by atoms with E-state index in [1.807, 2.05) is 33.8 Å². The Balaban J connectivity index is 3.46. The Hall–Kier alpha value is -2.18. The van der Waals surface area contributed by atoms with Crippen LogP contribution in [-0.2, 0) is 0 Å². The van der Waals surface area contributed by atoms with Crippen LogP contribution in [0.3, 0.4) is 0 Å². The Morgan fingerprint density at radius 1 is 0.900 bits per heavy atom. The molecule has 0 fully saturated rings. The molecule has 7 heteroatoms. The van der Waals surface area contributed by atoms with Gasteiger partial charge < -0.3 is 5.43 Å². The van der Waals surface area contributed by atoms with Gasteiger partial charge in [0.25, 0.3) is 0 Å². The fourth-order valence-electron chi connectivity index (χ4n) is 0.906. The molecule has 0 spiro atoms. The summed E-state index contributed by atoms with van der Waals surface area (Å²) in [6.07, 6.45) is 6.91. The van der Waals surface area contributed by atoms with Crippen LogP contribution in [0.25, 0.3) is 0 Å². The predicted molar refractivity (Wildman–Crippen MR) is 87.7 cm³/mol. The number of hydrogen-bond acceptors (Lipinski definition) is 7. The van der Waals surface area contributed by atoms with Crippen LogP contribution >= 0.6 is 0 Å². The lowest BCUT2D eigenvalue weighted by Gasteiger charge is -1.98. The molecule has 0 unspecified atom stereocenters. The quantitative estimate of drug-likeness (QED) is 0.242. The lowest BCUT2D eigenvalue weighted by Crippen LogP contribution is -2.21. The van der Waals surface area contributed by atoms with E-state index in [9.17, 15) is 0 Å². The van der Waals surface area contributed by atoms with Crippen LogP contribution in [0.4, 0.5) is 0 Å². The number of allylic oxidation sites excluding steroid dienone is 2. The highest BCUT2D eigenvalue weighted by atomic mass is 15.4. The van der Waals surface area contributed by atoms with Crippen LogP contribution in [-0.4, -0.2) is 44.1 Å². The summed E-state index contributed by atoms with van der Waals surface area (Å²) < 4.78 is 0. The second-order valence-electron chi connectivity index (χ2n) is 4.32. The van der Waals surface area contributed by atoms with Crippen molar-refractivity contribution in [3.63, 3.8) is 0 Å². The summed E-state index contributed by atoms with van der Waals surface area (Å²) in [4.78, 5) is 4.19. The Labute approximate surface area is 121 Å². The number of hydrogen-bond donors (Lipinski definition) is 3. The SMILES string of the molecule is CC(C)=CC=NCCN/N=C\C=N\NCNN=C(C)C. The molecule has 0 aliphatic carbocycles. The van der Waals surface area contributed by atoms with Gasteiger partial charge in [-0.05, 0) is 33.8 Å². The van der Waals surface area contributed by atoms with Crippen LogP contribution in [0.2, 0.25) is 0 Å². The van der Waals surface area contributed by atoms with E-state index in [4.69, 9.17) is 0 Å². The Morgan fingerprint density at radius 3 is 2.25 bits per heavy atom. The number of nitrogens with zero attached hydrogens (tertiary/aromatic N) is 4. The van der Waals surface area contributed by atoms with Crippen molar-refractivity contribution in [3.8, 4) is 0 Å². The normalized spacial score (nSPS) is 11.0. The van der Waals surface area contributed by atoms with Crippen molar-refractivity contribution in [1.29, 1.82) is 0 Å². The van der Waals surface area contributed by atoms with Crippen LogP contribution in [0, 0.1) is 0 Å². The lowest BCUT2D eigenvalue weighted by molar-refractivity contribution is 0.630. The fourth-order valence-corrected chi connectivity index (χ4v) is 0.906. The van der Waals surface area contributed by atoms with Crippen molar-refractivity contribution >= 4 is 24.4 Å². The third-order valence-corrected chi connectivity index (χ3v) is 1.73. The first-order chi connectivity index (χ1) is 9.63. The Morgan fingerprint density at radius 2 is 1.60 bits per heavy atom. The van der Waals surface area contributed by atoms with E-state index in [0.717, 1.165) is 5.71 Å². The monoisotopic (exact) mass is 279 g/mol. The summed E-state index contributed by atoms with van der Waals surface area (Å²) in [5.41, 5.74) is 10.6. The standard InChI is InChI=1S/C13H25N7/c1-12(2)5-6-14-7-8-15-16-9-10-17-18-11-19-20-13(3)4/h5-6,9-10,15,18-19H,7-8,11H2,1-4H3/b14-6?,16-9-,17-10+. The highest BCUT2D eigenvalue weighted by molar-refractivity contribution is 6.15. The molecule has 0 aliphatic heterocycles. The number of hydrazone groups is 3. The molecule has 0 aromatic heterocycles. The van der Waals surface area contributed by atoms with Gasteiger partial charge in [0.1, 0.15) is 6.67 Å². The first-order valence-electron chi connectivity index (χ1n) is 6.50. The van der Waals surface area contributed by atoms with Gasteiger partial charge in [0.15, 0.2) is 0 Å². The summed E-state index contributed by atoms with van der Waals surface area (Å²) in [6.45, 7) is 9.75. The molecule has 20 heavy (non-hydrogen) atoms. The maximum atomic E-state index is 4.19. The molecule has 0 saturated carbocycles. The van der Waals surface area contributed by atoms with Crippen molar-refractivity contribution in [2.75, 3.05) is 19.8 Å². The van der Waals surface area contributed by atoms with Gasteiger partial charge in [-0.15, -0.1) is 0 Å². The largest absolute Gasteiger partial charge is 0.308 e. The highest BCUT2D eigenvalue weighted by Gasteiger charge is 1.79. The molecule has 0 bridgehead atoms. The van der Waals surface area contributed by atoms with Gasteiger partial charge in [-0.2, -0.15) is 15.3 Å². The van der Waals surface area contributed by atoms with Crippen molar-refractivity contribution in [3.05, 3.63) is 11.6 Å². The maximum Gasteiger partial charge on any atom is 0.117 e. The molecule has 0 amide bonds. The summed E-state index contributed by atoms with van der Waals surface area (Å²) in [5.74, 6) is 0. The maximum absolute atomic E-state index is 4.19. The first kappa shape index (κ1) is 17.8. The van der Waals surface area contributed by atoms with E-state index in [1.165, 1.54) is 5.57 Å². The van der Waals surface area contributed by atoms with Gasteiger partial charge in [0.05, 0.1) is 25.5 Å². The van der Waals surface area contributed by atoms with E-state index in [1.54, 1.807) is 18.6 Å². The second kappa shape index (κ2) is 13.3. The third kappa shape index (κ3) is 15.8. The lowest BCUT2D eigenvalue weighted by atomic mass is 10.3. The molecule has 0 saturated heterocycles. The zero-order valence-corrected chi connectivity index (χ0v) is 12.7. The van der Waals surface area contributed by atoms with E-state index in [-0.39, 0.29) is 0 Å². The minimum Gasteiger partial charge on any atom is -0.308 e. The summed E-state index contributed by atoms with van der Waals surface area (Å²) in [7, 11) is 0. The van der Waals surface area contributed by atoms with Gasteiger partial charge in [-0.25, -0.2) is 0 Å². The van der Waals surface area contributed by atoms with Crippen LogP contribution in [0.15, 0.2) is 31.9 Å². The van der Waals surface area contributed by atoms with Crippen molar-refractivity contribution in [2.45, 2.75) is 27.7 Å². The van der Waals surface area contributed by atoms with Gasteiger partial charge in [0, 0.05) is 11.9 Å². The van der Waals surface area contributed by atoms with Crippen LogP contribution in [0.1, 0.15) is 27.7 Å².